The quantitative estimate of drug-likeness (QED) is 0.257. The van der Waals surface area contributed by atoms with Crippen molar-refractivity contribution in [2.75, 3.05) is 0 Å². The summed E-state index contributed by atoms with van der Waals surface area (Å²) in [5.74, 6) is 0.690. The number of hydrogen-bond donors (Lipinski definition) is 0. The van der Waals surface area contributed by atoms with E-state index in [9.17, 15) is 10.1 Å². The molecule has 0 heterocycles. The fourth-order valence-corrected chi connectivity index (χ4v) is 3.09. The fraction of sp³-hybridized carbons (Fsp3) is 0.136. The molecule has 6 heteroatoms. The predicted octanol–water partition coefficient (Wildman–Crippen LogP) is 6.30. The number of aryl methyl sites for hydroxylation is 2. The van der Waals surface area contributed by atoms with E-state index in [2.05, 4.69) is 33.9 Å². The average molecular weight is 439 g/mol. The van der Waals surface area contributed by atoms with Crippen molar-refractivity contribution in [3.8, 4) is 5.75 Å². The maximum atomic E-state index is 10.8. The minimum atomic E-state index is -0.416. The summed E-state index contributed by atoms with van der Waals surface area (Å²) >= 11 is 3.48. The average Bonchev–Trinajstić information content (AvgIpc) is 2.67. The number of benzene rings is 3. The summed E-state index contributed by atoms with van der Waals surface area (Å²) in [5.41, 5.74) is 4.98. The highest BCUT2D eigenvalue weighted by Gasteiger charge is 2.07. The molecule has 0 atom stereocenters. The minimum Gasteiger partial charge on any atom is -0.488 e. The Balaban J connectivity index is 1.78. The van der Waals surface area contributed by atoms with E-state index < -0.39 is 4.92 Å². The first-order valence-corrected chi connectivity index (χ1v) is 9.49. The Kier molecular flexibility index (Phi) is 6.21. The Bertz CT molecular complexity index is 1030. The van der Waals surface area contributed by atoms with Gasteiger partial charge in [0.05, 0.1) is 10.6 Å². The van der Waals surface area contributed by atoms with Crippen molar-refractivity contribution >= 4 is 33.5 Å². The van der Waals surface area contributed by atoms with Gasteiger partial charge in [-0.3, -0.25) is 15.1 Å². The Morgan fingerprint density at radius 1 is 1.07 bits per heavy atom. The Morgan fingerprint density at radius 2 is 1.82 bits per heavy atom. The van der Waals surface area contributed by atoms with Crippen LogP contribution in [0.2, 0.25) is 0 Å². The lowest BCUT2D eigenvalue weighted by Crippen LogP contribution is -1.99. The van der Waals surface area contributed by atoms with E-state index >= 15 is 0 Å². The summed E-state index contributed by atoms with van der Waals surface area (Å²) in [4.78, 5) is 14.9. The number of halogens is 1. The Labute approximate surface area is 172 Å². The number of nitro benzene ring substituents is 1. The Morgan fingerprint density at radius 3 is 2.50 bits per heavy atom. The molecule has 142 valence electrons. The third-order valence-electron chi connectivity index (χ3n) is 4.21. The van der Waals surface area contributed by atoms with Crippen molar-refractivity contribution in [1.82, 2.24) is 0 Å². The molecule has 3 rings (SSSR count). The molecular formula is C22H19BrN2O3. The molecule has 0 amide bonds. The molecule has 0 unspecified atom stereocenters. The standard InChI is InChI=1S/C22H19BrN2O3/c1-15-3-9-21(16(2)11-15)24-13-18-12-19(23)6-10-22(18)28-14-17-4-7-20(8-5-17)25(26)27/h3-13H,14H2,1-2H3. The number of nitrogens with zero attached hydrogens (tertiary/aromatic N) is 2. The number of aliphatic imine (C=N–C) groups is 1. The second-order valence-electron chi connectivity index (χ2n) is 6.44. The van der Waals surface area contributed by atoms with Crippen LogP contribution in [-0.4, -0.2) is 11.1 Å². The molecule has 0 N–H and O–H groups in total. The van der Waals surface area contributed by atoms with Crippen molar-refractivity contribution < 1.29 is 9.66 Å². The normalized spacial score (nSPS) is 11.0. The maximum Gasteiger partial charge on any atom is 0.269 e. The van der Waals surface area contributed by atoms with Gasteiger partial charge in [0, 0.05) is 28.4 Å². The van der Waals surface area contributed by atoms with Gasteiger partial charge in [-0.2, -0.15) is 0 Å². The van der Waals surface area contributed by atoms with Crippen molar-refractivity contribution in [2.45, 2.75) is 20.5 Å². The van der Waals surface area contributed by atoms with Gasteiger partial charge in [-0.05, 0) is 61.4 Å². The van der Waals surface area contributed by atoms with E-state index in [1.54, 1.807) is 18.3 Å². The van der Waals surface area contributed by atoms with E-state index in [4.69, 9.17) is 4.74 Å². The predicted molar refractivity (Wildman–Crippen MR) is 115 cm³/mol. The van der Waals surface area contributed by atoms with Crippen LogP contribution in [0.1, 0.15) is 22.3 Å². The third kappa shape index (κ3) is 5.04. The monoisotopic (exact) mass is 438 g/mol. The molecule has 0 bridgehead atoms. The number of non-ortho nitro benzene ring substituents is 1. The van der Waals surface area contributed by atoms with Gasteiger partial charge in [-0.25, -0.2) is 0 Å². The number of rotatable bonds is 6. The number of hydrogen-bond acceptors (Lipinski definition) is 4. The van der Waals surface area contributed by atoms with Gasteiger partial charge >= 0.3 is 0 Å². The van der Waals surface area contributed by atoms with E-state index in [1.807, 2.05) is 37.3 Å². The van der Waals surface area contributed by atoms with Gasteiger partial charge in [-0.1, -0.05) is 33.6 Å². The van der Waals surface area contributed by atoms with Crippen LogP contribution in [0.25, 0.3) is 0 Å². The molecule has 0 saturated carbocycles. The minimum absolute atomic E-state index is 0.0636. The molecule has 0 aliphatic heterocycles. The van der Waals surface area contributed by atoms with Gasteiger partial charge in [0.2, 0.25) is 0 Å². The summed E-state index contributed by atoms with van der Waals surface area (Å²) in [6.45, 7) is 4.40. The van der Waals surface area contributed by atoms with E-state index in [1.165, 1.54) is 17.7 Å². The molecule has 3 aromatic carbocycles. The molecule has 0 spiro atoms. The van der Waals surface area contributed by atoms with Crippen molar-refractivity contribution in [3.63, 3.8) is 0 Å². The largest absolute Gasteiger partial charge is 0.488 e. The van der Waals surface area contributed by atoms with Gasteiger partial charge < -0.3 is 4.74 Å². The smallest absolute Gasteiger partial charge is 0.269 e. The van der Waals surface area contributed by atoms with Crippen molar-refractivity contribution in [3.05, 3.63) is 97.5 Å². The van der Waals surface area contributed by atoms with Crippen LogP contribution < -0.4 is 4.74 Å². The second-order valence-corrected chi connectivity index (χ2v) is 7.36. The highest BCUT2D eigenvalue weighted by molar-refractivity contribution is 9.10. The van der Waals surface area contributed by atoms with Gasteiger partial charge in [0.1, 0.15) is 12.4 Å². The molecule has 0 saturated heterocycles. The molecule has 0 radical (unpaired) electrons. The maximum absolute atomic E-state index is 10.8. The highest BCUT2D eigenvalue weighted by Crippen LogP contribution is 2.25. The highest BCUT2D eigenvalue weighted by atomic mass is 79.9. The zero-order valence-corrected chi connectivity index (χ0v) is 17.1. The van der Waals surface area contributed by atoms with Crippen LogP contribution in [0.15, 0.2) is 70.1 Å². The van der Waals surface area contributed by atoms with Crippen LogP contribution in [0.3, 0.4) is 0 Å². The summed E-state index contributed by atoms with van der Waals surface area (Å²) in [5, 5.41) is 10.8. The molecule has 5 nitrogen and oxygen atoms in total. The summed E-state index contributed by atoms with van der Waals surface area (Å²) in [6, 6.07) is 18.2. The SMILES string of the molecule is Cc1ccc(N=Cc2cc(Br)ccc2OCc2ccc([N+](=O)[O-])cc2)c(C)c1. The molecule has 0 aliphatic carbocycles. The fourth-order valence-electron chi connectivity index (χ4n) is 2.72. The van der Waals surface area contributed by atoms with Crippen LogP contribution in [0.5, 0.6) is 5.75 Å². The molecule has 28 heavy (non-hydrogen) atoms. The zero-order valence-electron chi connectivity index (χ0n) is 15.6. The lowest BCUT2D eigenvalue weighted by Gasteiger charge is -2.10. The summed E-state index contributed by atoms with van der Waals surface area (Å²) in [6.07, 6.45) is 1.79. The zero-order chi connectivity index (χ0) is 20.1. The van der Waals surface area contributed by atoms with Crippen LogP contribution in [-0.2, 0) is 6.61 Å². The van der Waals surface area contributed by atoms with Gasteiger partial charge in [0.25, 0.3) is 5.69 Å². The van der Waals surface area contributed by atoms with E-state index in [0.717, 1.165) is 26.9 Å². The number of nitro groups is 1. The van der Waals surface area contributed by atoms with Gasteiger partial charge in [-0.15, -0.1) is 0 Å². The van der Waals surface area contributed by atoms with Crippen LogP contribution in [0.4, 0.5) is 11.4 Å². The molecule has 0 aliphatic rings. The first kappa shape index (κ1) is 19.8. The van der Waals surface area contributed by atoms with Crippen LogP contribution in [0, 0.1) is 24.0 Å². The third-order valence-corrected chi connectivity index (χ3v) is 4.70. The lowest BCUT2D eigenvalue weighted by atomic mass is 10.1. The molecule has 3 aromatic rings. The lowest BCUT2D eigenvalue weighted by molar-refractivity contribution is -0.384. The topological polar surface area (TPSA) is 64.7 Å². The molecule has 0 fully saturated rings. The molecule has 0 aromatic heterocycles. The first-order chi connectivity index (χ1) is 13.4. The van der Waals surface area contributed by atoms with Crippen molar-refractivity contribution in [1.29, 1.82) is 0 Å². The second kappa shape index (κ2) is 8.80. The summed E-state index contributed by atoms with van der Waals surface area (Å²) in [7, 11) is 0. The Hall–Kier alpha value is -2.99. The first-order valence-electron chi connectivity index (χ1n) is 8.69. The van der Waals surface area contributed by atoms with E-state index in [0.29, 0.717) is 12.4 Å². The molecular weight excluding hydrogens is 420 g/mol. The van der Waals surface area contributed by atoms with E-state index in [-0.39, 0.29) is 5.69 Å². The van der Waals surface area contributed by atoms with Crippen molar-refractivity contribution in [2.24, 2.45) is 4.99 Å². The van der Waals surface area contributed by atoms with Gasteiger partial charge in [0.15, 0.2) is 0 Å². The summed E-state index contributed by atoms with van der Waals surface area (Å²) < 4.78 is 6.86. The number of ether oxygens (including phenoxy) is 1. The van der Waals surface area contributed by atoms with Crippen LogP contribution >= 0.6 is 15.9 Å².